The summed E-state index contributed by atoms with van der Waals surface area (Å²) in [4.78, 5) is 22.8. The Hall–Kier alpha value is -2.30. The van der Waals surface area contributed by atoms with Gasteiger partial charge in [-0.05, 0) is 31.9 Å². The zero-order valence-corrected chi connectivity index (χ0v) is 13.7. The van der Waals surface area contributed by atoms with E-state index in [4.69, 9.17) is 15.2 Å². The molecule has 0 aliphatic heterocycles. The van der Waals surface area contributed by atoms with E-state index in [9.17, 15) is 9.59 Å². The number of carbonyl (C=O) groups is 2. The van der Waals surface area contributed by atoms with Crippen LogP contribution in [-0.2, 0) is 14.3 Å². The van der Waals surface area contributed by atoms with Gasteiger partial charge in [0.05, 0.1) is 6.61 Å². The van der Waals surface area contributed by atoms with E-state index in [1.807, 2.05) is 0 Å². The molecule has 0 fully saturated rings. The van der Waals surface area contributed by atoms with Gasteiger partial charge in [-0.2, -0.15) is 0 Å². The van der Waals surface area contributed by atoms with Gasteiger partial charge in [0.1, 0.15) is 5.75 Å². The summed E-state index contributed by atoms with van der Waals surface area (Å²) in [7, 11) is 0. The Balaban J connectivity index is 2.01. The zero-order chi connectivity index (χ0) is 17.1. The molecule has 0 saturated heterocycles. The first kappa shape index (κ1) is 18.7. The van der Waals surface area contributed by atoms with Gasteiger partial charge in [-0.15, -0.1) is 0 Å². The molecule has 0 aliphatic rings. The van der Waals surface area contributed by atoms with E-state index in [1.165, 1.54) is 0 Å². The number of ether oxygens (including phenoxy) is 2. The van der Waals surface area contributed by atoms with E-state index >= 15 is 0 Å². The van der Waals surface area contributed by atoms with Crippen molar-refractivity contribution in [1.29, 1.82) is 0 Å². The number of carbonyl (C=O) groups excluding carboxylic acids is 2. The van der Waals surface area contributed by atoms with E-state index in [2.05, 4.69) is 6.58 Å². The normalized spacial score (nSPS) is 10.1. The van der Waals surface area contributed by atoms with Crippen LogP contribution in [0.25, 0.3) is 0 Å². The van der Waals surface area contributed by atoms with Crippen molar-refractivity contribution in [3.63, 3.8) is 0 Å². The molecule has 5 heteroatoms. The van der Waals surface area contributed by atoms with Crippen molar-refractivity contribution >= 4 is 17.6 Å². The number of unbranched alkanes of at least 4 members (excludes halogenated alkanes) is 4. The lowest BCUT2D eigenvalue weighted by atomic mass is 10.1. The van der Waals surface area contributed by atoms with Gasteiger partial charge in [0.15, 0.2) is 0 Å². The van der Waals surface area contributed by atoms with Crippen molar-refractivity contribution in [2.75, 3.05) is 12.3 Å². The van der Waals surface area contributed by atoms with Crippen molar-refractivity contribution in [2.24, 2.45) is 0 Å². The van der Waals surface area contributed by atoms with Gasteiger partial charge in [0, 0.05) is 23.7 Å². The summed E-state index contributed by atoms with van der Waals surface area (Å²) < 4.78 is 10.2. The van der Waals surface area contributed by atoms with Gasteiger partial charge in [-0.3, -0.25) is 4.79 Å². The number of nitrogen functional groups attached to an aromatic ring is 1. The van der Waals surface area contributed by atoms with Crippen LogP contribution in [-0.4, -0.2) is 18.5 Å². The largest absolute Gasteiger partial charge is 0.462 e. The van der Waals surface area contributed by atoms with E-state index in [0.29, 0.717) is 30.0 Å². The average molecular weight is 319 g/mol. The molecule has 0 atom stereocenters. The molecule has 5 nitrogen and oxygen atoms in total. The third kappa shape index (κ3) is 8.66. The number of hydrogen-bond donors (Lipinski definition) is 1. The lowest BCUT2D eigenvalue weighted by molar-refractivity contribution is -0.139. The van der Waals surface area contributed by atoms with Crippen molar-refractivity contribution in [3.05, 3.63) is 36.4 Å². The fraction of sp³-hybridized carbons (Fsp3) is 0.444. The molecule has 23 heavy (non-hydrogen) atoms. The van der Waals surface area contributed by atoms with E-state index in [-0.39, 0.29) is 11.9 Å². The van der Waals surface area contributed by atoms with Gasteiger partial charge in [-0.1, -0.05) is 31.9 Å². The van der Waals surface area contributed by atoms with E-state index in [1.54, 1.807) is 31.2 Å². The molecular formula is C18H25NO4. The molecule has 0 saturated carbocycles. The van der Waals surface area contributed by atoms with Crippen LogP contribution in [0, 0.1) is 0 Å². The van der Waals surface area contributed by atoms with Crippen LogP contribution in [0.1, 0.15) is 45.4 Å². The summed E-state index contributed by atoms with van der Waals surface area (Å²) in [6, 6.07) is 6.83. The zero-order valence-electron chi connectivity index (χ0n) is 13.7. The van der Waals surface area contributed by atoms with Crippen LogP contribution in [0.5, 0.6) is 5.75 Å². The number of rotatable bonds is 10. The second-order valence-electron chi connectivity index (χ2n) is 5.48. The minimum absolute atomic E-state index is 0.244. The molecule has 0 aliphatic carbocycles. The summed E-state index contributed by atoms with van der Waals surface area (Å²) >= 11 is 0. The molecule has 0 amide bonds. The molecule has 1 aromatic rings. The Morgan fingerprint density at radius 1 is 1.13 bits per heavy atom. The third-order valence-corrected chi connectivity index (χ3v) is 3.20. The predicted molar refractivity (Wildman–Crippen MR) is 90.0 cm³/mol. The maximum absolute atomic E-state index is 11.7. The van der Waals surface area contributed by atoms with Crippen LogP contribution in [0.4, 0.5) is 5.69 Å². The Labute approximate surface area is 137 Å². The molecule has 0 aromatic heterocycles. The van der Waals surface area contributed by atoms with Gasteiger partial charge in [-0.25, -0.2) is 4.79 Å². The van der Waals surface area contributed by atoms with Gasteiger partial charge >= 0.3 is 11.9 Å². The maximum atomic E-state index is 11.7. The molecular weight excluding hydrogens is 294 g/mol. The van der Waals surface area contributed by atoms with Crippen molar-refractivity contribution < 1.29 is 19.1 Å². The average Bonchev–Trinajstić information content (AvgIpc) is 2.49. The van der Waals surface area contributed by atoms with Crippen molar-refractivity contribution in [2.45, 2.75) is 45.4 Å². The second kappa shape index (κ2) is 10.4. The smallest absolute Gasteiger partial charge is 0.333 e. The third-order valence-electron chi connectivity index (χ3n) is 3.20. The molecule has 0 unspecified atom stereocenters. The van der Waals surface area contributed by atoms with Crippen LogP contribution < -0.4 is 10.5 Å². The lowest BCUT2D eigenvalue weighted by Crippen LogP contribution is -2.07. The monoisotopic (exact) mass is 319 g/mol. The van der Waals surface area contributed by atoms with Crippen molar-refractivity contribution in [1.82, 2.24) is 0 Å². The first-order valence-electron chi connectivity index (χ1n) is 7.88. The highest BCUT2D eigenvalue weighted by Gasteiger charge is 2.05. The number of esters is 2. The SMILES string of the molecule is C=C(C)C(=O)OCCCCCCCC(=O)Oc1cccc(N)c1. The summed E-state index contributed by atoms with van der Waals surface area (Å²) in [6.07, 6.45) is 4.91. The van der Waals surface area contributed by atoms with Gasteiger partial charge in [0.2, 0.25) is 0 Å². The fourth-order valence-corrected chi connectivity index (χ4v) is 1.95. The Kier molecular flexibility index (Phi) is 8.50. The van der Waals surface area contributed by atoms with E-state index in [0.717, 1.165) is 32.1 Å². The number of nitrogens with two attached hydrogens (primary N) is 1. The summed E-state index contributed by atoms with van der Waals surface area (Å²) in [6.45, 7) is 5.57. The molecule has 2 N–H and O–H groups in total. The van der Waals surface area contributed by atoms with Gasteiger partial charge < -0.3 is 15.2 Å². The highest BCUT2D eigenvalue weighted by Crippen LogP contribution is 2.15. The van der Waals surface area contributed by atoms with Crippen LogP contribution >= 0.6 is 0 Å². The molecule has 0 spiro atoms. The number of hydrogen-bond acceptors (Lipinski definition) is 5. The molecule has 0 bridgehead atoms. The van der Waals surface area contributed by atoms with E-state index < -0.39 is 0 Å². The molecule has 0 heterocycles. The predicted octanol–water partition coefficient (Wildman–Crippen LogP) is 3.63. The Morgan fingerprint density at radius 2 is 1.83 bits per heavy atom. The molecule has 1 rings (SSSR count). The first-order chi connectivity index (χ1) is 11.0. The minimum atomic E-state index is -0.339. The minimum Gasteiger partial charge on any atom is -0.462 e. The Morgan fingerprint density at radius 3 is 2.52 bits per heavy atom. The topological polar surface area (TPSA) is 78.6 Å². The van der Waals surface area contributed by atoms with Crippen LogP contribution in [0.15, 0.2) is 36.4 Å². The molecule has 0 radical (unpaired) electrons. The maximum Gasteiger partial charge on any atom is 0.333 e. The summed E-state index contributed by atoms with van der Waals surface area (Å²) in [5, 5.41) is 0. The Bertz CT molecular complexity index is 540. The highest BCUT2D eigenvalue weighted by molar-refractivity contribution is 5.86. The highest BCUT2D eigenvalue weighted by atomic mass is 16.5. The van der Waals surface area contributed by atoms with Crippen LogP contribution in [0.2, 0.25) is 0 Å². The standard InChI is InChI=1S/C18H25NO4/c1-14(2)18(21)22-12-7-5-3-4-6-11-17(20)23-16-10-8-9-15(19)13-16/h8-10,13H,1,3-7,11-12,19H2,2H3. The number of benzene rings is 1. The molecule has 126 valence electrons. The quantitative estimate of drug-likeness (QED) is 0.234. The number of anilines is 1. The van der Waals surface area contributed by atoms with Gasteiger partial charge in [0.25, 0.3) is 0 Å². The van der Waals surface area contributed by atoms with Crippen molar-refractivity contribution in [3.8, 4) is 5.75 Å². The second-order valence-corrected chi connectivity index (χ2v) is 5.48. The lowest BCUT2D eigenvalue weighted by Gasteiger charge is -2.05. The fourth-order valence-electron chi connectivity index (χ4n) is 1.95. The van der Waals surface area contributed by atoms with Crippen LogP contribution in [0.3, 0.4) is 0 Å². The summed E-state index contributed by atoms with van der Waals surface area (Å²) in [5.74, 6) is -0.102. The molecule has 1 aromatic carbocycles. The first-order valence-corrected chi connectivity index (χ1v) is 7.88. The summed E-state index contributed by atoms with van der Waals surface area (Å²) in [5.41, 5.74) is 6.61.